The van der Waals surface area contributed by atoms with Crippen LogP contribution in [-0.4, -0.2) is 41.1 Å². The van der Waals surface area contributed by atoms with Gasteiger partial charge in [0.2, 0.25) is 0 Å². The molecule has 0 radical (unpaired) electrons. The van der Waals surface area contributed by atoms with Crippen molar-refractivity contribution in [1.29, 1.82) is 0 Å². The van der Waals surface area contributed by atoms with Crippen LogP contribution >= 0.6 is 0 Å². The number of amides is 2. The van der Waals surface area contributed by atoms with Gasteiger partial charge < -0.3 is 21.2 Å². The van der Waals surface area contributed by atoms with Crippen LogP contribution in [0.4, 0.5) is 4.79 Å². The summed E-state index contributed by atoms with van der Waals surface area (Å²) < 4.78 is 0. The number of likely N-dealkylation sites (tertiary alicyclic amines) is 1. The minimum atomic E-state index is -0.429. The van der Waals surface area contributed by atoms with Crippen LogP contribution in [-0.2, 0) is 0 Å². The smallest absolute Gasteiger partial charge is 0.317 e. The predicted molar refractivity (Wildman–Crippen MR) is 70.5 cm³/mol. The fraction of sp³-hybridized carbons (Fsp3) is 0.833. The van der Waals surface area contributed by atoms with Gasteiger partial charge in [-0.1, -0.05) is 25.9 Å². The van der Waals surface area contributed by atoms with Gasteiger partial charge in [-0.15, -0.1) is 0 Å². The van der Waals surface area contributed by atoms with Crippen LogP contribution in [0.5, 0.6) is 0 Å². The molecule has 4 N–H and O–H groups in total. The normalized spacial score (nSPS) is 20.0. The molecule has 6 nitrogen and oxygen atoms in total. The summed E-state index contributed by atoms with van der Waals surface area (Å²) in [6.07, 6.45) is 2.06. The predicted octanol–water partition coefficient (Wildman–Crippen LogP) is 1.20. The molecule has 1 heterocycles. The highest BCUT2D eigenvalue weighted by Crippen LogP contribution is 2.16. The van der Waals surface area contributed by atoms with Crippen LogP contribution < -0.4 is 11.1 Å². The Morgan fingerprint density at radius 3 is 2.44 bits per heavy atom. The number of urea groups is 1. The first kappa shape index (κ1) is 14.6. The standard InChI is InChI=1S/C12H24N4O2/c1-8(2)10(11(13)15-18)14-12(17)16-6-4-9(3)5-7-16/h8-10,18H,4-7H2,1-3H3,(H2,13,15)(H,14,17). The summed E-state index contributed by atoms with van der Waals surface area (Å²) in [6, 6.07) is -0.561. The molecule has 104 valence electrons. The number of carbonyl (C=O) groups is 1. The van der Waals surface area contributed by atoms with Crippen LogP contribution in [0, 0.1) is 11.8 Å². The van der Waals surface area contributed by atoms with E-state index in [1.807, 2.05) is 13.8 Å². The zero-order valence-electron chi connectivity index (χ0n) is 11.4. The van der Waals surface area contributed by atoms with Gasteiger partial charge in [0.25, 0.3) is 0 Å². The quantitative estimate of drug-likeness (QED) is 0.307. The van der Waals surface area contributed by atoms with Crippen molar-refractivity contribution in [3.8, 4) is 0 Å². The number of oxime groups is 1. The van der Waals surface area contributed by atoms with E-state index in [-0.39, 0.29) is 17.8 Å². The number of rotatable bonds is 3. The van der Waals surface area contributed by atoms with E-state index in [0.29, 0.717) is 5.92 Å². The summed E-state index contributed by atoms with van der Waals surface area (Å²) in [5.74, 6) is 0.802. The van der Waals surface area contributed by atoms with Crippen molar-refractivity contribution in [2.24, 2.45) is 22.7 Å². The topological polar surface area (TPSA) is 91.0 Å². The third-order valence-electron chi connectivity index (χ3n) is 3.45. The number of amidine groups is 1. The fourth-order valence-electron chi connectivity index (χ4n) is 2.08. The summed E-state index contributed by atoms with van der Waals surface area (Å²) in [5.41, 5.74) is 5.58. The van der Waals surface area contributed by atoms with Crippen LogP contribution in [0.1, 0.15) is 33.6 Å². The fourth-order valence-corrected chi connectivity index (χ4v) is 2.08. The molecule has 0 saturated carbocycles. The number of piperidine rings is 1. The molecule has 1 saturated heterocycles. The summed E-state index contributed by atoms with van der Waals surface area (Å²) in [4.78, 5) is 13.9. The van der Waals surface area contributed by atoms with Gasteiger partial charge in [-0.3, -0.25) is 0 Å². The summed E-state index contributed by atoms with van der Waals surface area (Å²) in [6.45, 7) is 7.58. The van der Waals surface area contributed by atoms with Crippen LogP contribution in [0.2, 0.25) is 0 Å². The summed E-state index contributed by atoms with van der Waals surface area (Å²) in [5, 5.41) is 14.5. The van der Waals surface area contributed by atoms with Gasteiger partial charge in [0.05, 0.1) is 6.04 Å². The van der Waals surface area contributed by atoms with E-state index in [0.717, 1.165) is 25.9 Å². The number of nitrogens with two attached hydrogens (primary N) is 1. The molecule has 1 aliphatic heterocycles. The van der Waals surface area contributed by atoms with Crippen molar-refractivity contribution in [3.05, 3.63) is 0 Å². The van der Waals surface area contributed by atoms with Crippen molar-refractivity contribution in [2.45, 2.75) is 39.7 Å². The Labute approximate surface area is 108 Å². The average molecular weight is 256 g/mol. The Balaban J connectivity index is 2.56. The zero-order chi connectivity index (χ0) is 13.7. The van der Waals surface area contributed by atoms with Gasteiger partial charge in [0.1, 0.15) is 0 Å². The molecule has 0 aromatic carbocycles. The molecule has 6 heteroatoms. The zero-order valence-corrected chi connectivity index (χ0v) is 11.4. The second-order valence-electron chi connectivity index (χ2n) is 5.37. The third-order valence-corrected chi connectivity index (χ3v) is 3.45. The van der Waals surface area contributed by atoms with Gasteiger partial charge in [0.15, 0.2) is 5.84 Å². The maximum atomic E-state index is 12.1. The lowest BCUT2D eigenvalue weighted by Gasteiger charge is -2.32. The average Bonchev–Trinajstić information content (AvgIpc) is 2.35. The Morgan fingerprint density at radius 2 is 2.00 bits per heavy atom. The first-order valence-corrected chi connectivity index (χ1v) is 6.48. The van der Waals surface area contributed by atoms with E-state index in [4.69, 9.17) is 10.9 Å². The van der Waals surface area contributed by atoms with Gasteiger partial charge in [-0.2, -0.15) is 0 Å². The van der Waals surface area contributed by atoms with Gasteiger partial charge in [-0.05, 0) is 24.7 Å². The number of carbonyl (C=O) groups excluding carboxylic acids is 1. The highest BCUT2D eigenvalue weighted by Gasteiger charge is 2.25. The number of nitrogens with one attached hydrogen (secondary N) is 1. The molecule has 18 heavy (non-hydrogen) atoms. The molecule has 1 unspecified atom stereocenters. The molecule has 0 bridgehead atoms. The second kappa shape index (κ2) is 6.47. The molecule has 0 aliphatic carbocycles. The van der Waals surface area contributed by atoms with E-state index in [1.54, 1.807) is 4.90 Å². The minimum Gasteiger partial charge on any atom is -0.409 e. The maximum Gasteiger partial charge on any atom is 0.317 e. The van der Waals surface area contributed by atoms with E-state index in [2.05, 4.69) is 17.4 Å². The highest BCUT2D eigenvalue weighted by atomic mass is 16.4. The molecule has 1 fully saturated rings. The van der Waals surface area contributed by atoms with E-state index in [1.165, 1.54) is 0 Å². The van der Waals surface area contributed by atoms with Crippen LogP contribution in [0.15, 0.2) is 5.16 Å². The monoisotopic (exact) mass is 256 g/mol. The van der Waals surface area contributed by atoms with E-state index < -0.39 is 6.04 Å². The maximum absolute atomic E-state index is 12.1. The molecule has 0 spiro atoms. The molecule has 0 aromatic rings. The molecule has 1 aliphatic rings. The summed E-state index contributed by atoms with van der Waals surface area (Å²) in [7, 11) is 0. The van der Waals surface area contributed by atoms with Crippen molar-refractivity contribution >= 4 is 11.9 Å². The van der Waals surface area contributed by atoms with Crippen molar-refractivity contribution in [1.82, 2.24) is 10.2 Å². The molecule has 1 atom stereocenters. The van der Waals surface area contributed by atoms with Crippen molar-refractivity contribution in [3.63, 3.8) is 0 Å². The van der Waals surface area contributed by atoms with E-state index in [9.17, 15) is 4.79 Å². The second-order valence-corrected chi connectivity index (χ2v) is 5.37. The van der Waals surface area contributed by atoms with Gasteiger partial charge >= 0.3 is 6.03 Å². The summed E-state index contributed by atoms with van der Waals surface area (Å²) >= 11 is 0. The highest BCUT2D eigenvalue weighted by molar-refractivity contribution is 5.89. The first-order valence-electron chi connectivity index (χ1n) is 6.48. The van der Waals surface area contributed by atoms with Crippen molar-refractivity contribution < 1.29 is 10.0 Å². The van der Waals surface area contributed by atoms with Gasteiger partial charge in [0, 0.05) is 13.1 Å². The Hall–Kier alpha value is -1.46. The molecule has 1 rings (SSSR count). The number of hydrogen-bond donors (Lipinski definition) is 3. The molecular formula is C12H24N4O2. The SMILES string of the molecule is CC1CCN(C(=O)NC(C(N)=NO)C(C)C)CC1. The van der Waals surface area contributed by atoms with Crippen molar-refractivity contribution in [2.75, 3.05) is 13.1 Å². The Bertz CT molecular complexity index is 309. The third kappa shape index (κ3) is 3.78. The number of hydrogen-bond acceptors (Lipinski definition) is 3. The largest absolute Gasteiger partial charge is 0.409 e. The molecular weight excluding hydrogens is 232 g/mol. The minimum absolute atomic E-state index is 0.0451. The molecule has 0 aromatic heterocycles. The Kier molecular flexibility index (Phi) is 5.25. The lowest BCUT2D eigenvalue weighted by Crippen LogP contribution is -2.53. The molecule has 2 amide bonds. The first-order chi connectivity index (χ1) is 8.45. The van der Waals surface area contributed by atoms with E-state index >= 15 is 0 Å². The lowest BCUT2D eigenvalue weighted by atomic mass is 9.99. The van der Waals surface area contributed by atoms with Gasteiger partial charge in [-0.25, -0.2) is 4.79 Å². The van der Waals surface area contributed by atoms with Crippen LogP contribution in [0.3, 0.4) is 0 Å². The number of nitrogens with zero attached hydrogens (tertiary/aromatic N) is 2. The Morgan fingerprint density at radius 1 is 1.44 bits per heavy atom. The lowest BCUT2D eigenvalue weighted by molar-refractivity contribution is 0.170. The van der Waals surface area contributed by atoms with Crippen LogP contribution in [0.25, 0.3) is 0 Å².